The summed E-state index contributed by atoms with van der Waals surface area (Å²) in [5.74, 6) is 0. The Hall–Kier alpha value is -0.280. The number of aliphatic hydroxyl groups is 1. The average Bonchev–Trinajstić information content (AvgIpc) is 2.21. The molecule has 0 radical (unpaired) electrons. The van der Waals surface area contributed by atoms with E-state index in [-0.39, 0.29) is 0 Å². The number of hydrogen-bond acceptors (Lipinski definition) is 2. The van der Waals surface area contributed by atoms with Crippen LogP contribution in [0.4, 0.5) is 0 Å². The number of halogens is 2. The molecule has 88 valence electrons. The van der Waals surface area contributed by atoms with Crippen LogP contribution in [-0.4, -0.2) is 30.1 Å². The summed E-state index contributed by atoms with van der Waals surface area (Å²) in [6.45, 7) is 1.62. The zero-order chi connectivity index (χ0) is 11.8. The smallest absolute Gasteiger partial charge is 0.104 e. The van der Waals surface area contributed by atoms with Gasteiger partial charge in [0.25, 0.3) is 0 Å². The van der Waals surface area contributed by atoms with Gasteiger partial charge >= 0.3 is 0 Å². The Morgan fingerprint density at radius 2 is 2.12 bits per heavy atom. The second-order valence-corrected chi connectivity index (χ2v) is 5.26. The van der Waals surface area contributed by atoms with E-state index in [4.69, 9.17) is 23.2 Å². The van der Waals surface area contributed by atoms with E-state index in [2.05, 4.69) is 4.90 Å². The van der Waals surface area contributed by atoms with Crippen molar-refractivity contribution in [3.05, 3.63) is 33.8 Å². The molecule has 0 amide bonds. The van der Waals surface area contributed by atoms with Crippen LogP contribution in [-0.2, 0) is 5.60 Å². The van der Waals surface area contributed by atoms with Gasteiger partial charge in [-0.15, -0.1) is 0 Å². The SMILES string of the molecule is CN1CCCC(O)(c2cccc(Cl)c2Cl)C1. The fourth-order valence-corrected chi connectivity index (χ4v) is 2.81. The van der Waals surface area contributed by atoms with Crippen molar-refractivity contribution in [2.75, 3.05) is 20.1 Å². The number of β-amino-alcohol motifs (C(OH)–C–C–N with tert-alkyl or cyclic N) is 1. The number of rotatable bonds is 1. The molecule has 0 aromatic heterocycles. The maximum Gasteiger partial charge on any atom is 0.104 e. The van der Waals surface area contributed by atoms with Crippen molar-refractivity contribution in [2.45, 2.75) is 18.4 Å². The molecule has 4 heteroatoms. The Morgan fingerprint density at radius 3 is 2.81 bits per heavy atom. The Morgan fingerprint density at radius 1 is 1.38 bits per heavy atom. The first-order chi connectivity index (χ1) is 7.53. The lowest BCUT2D eigenvalue weighted by Crippen LogP contribution is -2.44. The molecule has 1 N–H and O–H groups in total. The quantitative estimate of drug-likeness (QED) is 0.839. The number of nitrogens with zero attached hydrogens (tertiary/aromatic N) is 1. The Bertz CT molecular complexity index is 397. The summed E-state index contributed by atoms with van der Waals surface area (Å²) < 4.78 is 0. The predicted molar refractivity (Wildman–Crippen MR) is 67.1 cm³/mol. The molecular formula is C12H15Cl2NO. The number of benzene rings is 1. The summed E-state index contributed by atoms with van der Waals surface area (Å²) in [5.41, 5.74) is -0.122. The van der Waals surface area contributed by atoms with Crippen LogP contribution in [0.15, 0.2) is 18.2 Å². The highest BCUT2D eigenvalue weighted by atomic mass is 35.5. The van der Waals surface area contributed by atoms with Gasteiger partial charge in [0.1, 0.15) is 5.60 Å². The third-order valence-electron chi connectivity index (χ3n) is 3.11. The molecule has 1 aromatic carbocycles. The highest BCUT2D eigenvalue weighted by molar-refractivity contribution is 6.42. The monoisotopic (exact) mass is 259 g/mol. The zero-order valence-corrected chi connectivity index (χ0v) is 10.7. The first-order valence-corrected chi connectivity index (χ1v) is 6.14. The van der Waals surface area contributed by atoms with Gasteiger partial charge in [0.2, 0.25) is 0 Å². The fourth-order valence-electron chi connectivity index (χ4n) is 2.33. The third kappa shape index (κ3) is 2.21. The fraction of sp³-hybridized carbons (Fsp3) is 0.500. The van der Waals surface area contributed by atoms with E-state index in [1.165, 1.54) is 0 Å². The van der Waals surface area contributed by atoms with Gasteiger partial charge in [-0.2, -0.15) is 0 Å². The van der Waals surface area contributed by atoms with Crippen LogP contribution in [0.2, 0.25) is 10.0 Å². The molecule has 1 fully saturated rings. The molecule has 0 aliphatic carbocycles. The topological polar surface area (TPSA) is 23.5 Å². The minimum Gasteiger partial charge on any atom is -0.384 e. The molecule has 2 rings (SSSR count). The number of likely N-dealkylation sites (N-methyl/N-ethyl adjacent to an activating group) is 1. The van der Waals surface area contributed by atoms with Gasteiger partial charge in [-0.3, -0.25) is 0 Å². The molecule has 0 spiro atoms. The zero-order valence-electron chi connectivity index (χ0n) is 9.21. The summed E-state index contributed by atoms with van der Waals surface area (Å²) in [6.07, 6.45) is 1.70. The molecule has 1 aliphatic heterocycles. The van der Waals surface area contributed by atoms with Crippen molar-refractivity contribution in [1.82, 2.24) is 4.90 Å². The van der Waals surface area contributed by atoms with Gasteiger partial charge in [-0.1, -0.05) is 35.3 Å². The lowest BCUT2D eigenvalue weighted by molar-refractivity contribution is -0.0276. The first kappa shape index (κ1) is 12.2. The molecule has 1 saturated heterocycles. The molecule has 1 aliphatic rings. The Kier molecular flexibility index (Phi) is 3.45. The normalized spacial score (nSPS) is 27.0. The van der Waals surface area contributed by atoms with Gasteiger partial charge in [0.15, 0.2) is 0 Å². The van der Waals surface area contributed by atoms with Gasteiger partial charge < -0.3 is 10.0 Å². The van der Waals surface area contributed by atoms with Crippen LogP contribution in [0.25, 0.3) is 0 Å². The van der Waals surface area contributed by atoms with E-state index in [0.717, 1.165) is 24.9 Å². The summed E-state index contributed by atoms with van der Waals surface area (Å²) in [4.78, 5) is 2.11. The Labute approximate surface area is 106 Å². The van der Waals surface area contributed by atoms with Gasteiger partial charge in [0, 0.05) is 12.1 Å². The van der Waals surface area contributed by atoms with E-state index < -0.39 is 5.60 Å². The van der Waals surface area contributed by atoms with E-state index >= 15 is 0 Å². The van der Waals surface area contributed by atoms with E-state index in [1.807, 2.05) is 19.2 Å². The van der Waals surface area contributed by atoms with Crippen molar-refractivity contribution in [3.8, 4) is 0 Å². The Balaban J connectivity index is 2.38. The van der Waals surface area contributed by atoms with Crippen molar-refractivity contribution in [3.63, 3.8) is 0 Å². The second-order valence-electron chi connectivity index (χ2n) is 4.47. The van der Waals surface area contributed by atoms with Crippen LogP contribution < -0.4 is 0 Å². The van der Waals surface area contributed by atoms with Gasteiger partial charge in [-0.25, -0.2) is 0 Å². The minimum absolute atomic E-state index is 0.474. The second kappa shape index (κ2) is 4.53. The predicted octanol–water partition coefficient (Wildman–Crippen LogP) is 2.91. The van der Waals surface area contributed by atoms with Crippen LogP contribution >= 0.6 is 23.2 Å². The van der Waals surface area contributed by atoms with Crippen molar-refractivity contribution in [2.24, 2.45) is 0 Å². The maximum absolute atomic E-state index is 10.6. The van der Waals surface area contributed by atoms with Crippen LogP contribution in [0.1, 0.15) is 18.4 Å². The molecule has 1 aromatic rings. The average molecular weight is 260 g/mol. The van der Waals surface area contributed by atoms with Crippen molar-refractivity contribution < 1.29 is 5.11 Å². The summed E-state index contributed by atoms with van der Waals surface area (Å²) in [6, 6.07) is 5.42. The summed E-state index contributed by atoms with van der Waals surface area (Å²) >= 11 is 12.1. The lowest BCUT2D eigenvalue weighted by atomic mass is 9.86. The lowest BCUT2D eigenvalue weighted by Gasteiger charge is -2.38. The third-order valence-corrected chi connectivity index (χ3v) is 3.93. The van der Waals surface area contributed by atoms with Crippen LogP contribution in [0, 0.1) is 0 Å². The maximum atomic E-state index is 10.6. The van der Waals surface area contributed by atoms with Gasteiger partial charge in [0.05, 0.1) is 10.0 Å². The van der Waals surface area contributed by atoms with E-state index in [9.17, 15) is 5.11 Å². The standard InChI is InChI=1S/C12H15Cl2NO/c1-15-7-3-6-12(16,8-15)9-4-2-5-10(13)11(9)14/h2,4-5,16H,3,6-8H2,1H3. The summed E-state index contributed by atoms with van der Waals surface area (Å²) in [5, 5.41) is 11.6. The molecule has 1 atom stereocenters. The molecule has 0 bridgehead atoms. The number of likely N-dealkylation sites (tertiary alicyclic amines) is 1. The van der Waals surface area contributed by atoms with Crippen molar-refractivity contribution >= 4 is 23.2 Å². The number of piperidine rings is 1. The minimum atomic E-state index is -0.866. The first-order valence-electron chi connectivity index (χ1n) is 5.38. The van der Waals surface area contributed by atoms with Crippen molar-refractivity contribution in [1.29, 1.82) is 0 Å². The molecule has 1 unspecified atom stereocenters. The van der Waals surface area contributed by atoms with E-state index in [0.29, 0.717) is 16.6 Å². The number of hydrogen-bond donors (Lipinski definition) is 1. The highest BCUT2D eigenvalue weighted by Crippen LogP contribution is 2.38. The van der Waals surface area contributed by atoms with Gasteiger partial charge in [-0.05, 0) is 32.5 Å². The molecule has 16 heavy (non-hydrogen) atoms. The van der Waals surface area contributed by atoms with E-state index in [1.54, 1.807) is 6.07 Å². The van der Waals surface area contributed by atoms with Crippen LogP contribution in [0.3, 0.4) is 0 Å². The summed E-state index contributed by atoms with van der Waals surface area (Å²) in [7, 11) is 2.00. The van der Waals surface area contributed by atoms with Crippen LogP contribution in [0.5, 0.6) is 0 Å². The largest absolute Gasteiger partial charge is 0.384 e. The molecule has 0 saturated carbocycles. The molecular weight excluding hydrogens is 245 g/mol. The molecule has 1 heterocycles. The highest BCUT2D eigenvalue weighted by Gasteiger charge is 2.35. The molecule has 2 nitrogen and oxygen atoms in total.